The number of benzene rings is 2. The second-order valence-electron chi connectivity index (χ2n) is 5.23. The van der Waals surface area contributed by atoms with E-state index in [0.717, 1.165) is 15.6 Å². The molecule has 1 aromatic heterocycles. The summed E-state index contributed by atoms with van der Waals surface area (Å²) in [6, 6.07) is 19.1. The molecule has 0 unspecified atom stereocenters. The van der Waals surface area contributed by atoms with Gasteiger partial charge in [0.05, 0.1) is 18.2 Å². The van der Waals surface area contributed by atoms with E-state index in [1.54, 1.807) is 12.1 Å². The minimum atomic E-state index is -0.115. The van der Waals surface area contributed by atoms with Gasteiger partial charge >= 0.3 is 0 Å². The van der Waals surface area contributed by atoms with Gasteiger partial charge in [-0.1, -0.05) is 53.4 Å². The third kappa shape index (κ3) is 5.31. The van der Waals surface area contributed by atoms with Crippen molar-refractivity contribution in [2.45, 2.75) is 10.8 Å². The van der Waals surface area contributed by atoms with Crippen LogP contribution in [0.4, 0.5) is 16.5 Å². The first kappa shape index (κ1) is 17.9. The van der Waals surface area contributed by atoms with Gasteiger partial charge in [-0.3, -0.25) is 4.79 Å². The van der Waals surface area contributed by atoms with Crippen LogP contribution in [-0.2, 0) is 11.2 Å². The van der Waals surface area contributed by atoms with Gasteiger partial charge in [0.15, 0.2) is 4.34 Å². The van der Waals surface area contributed by atoms with Gasteiger partial charge in [-0.2, -0.15) is 5.26 Å². The molecule has 0 saturated carbocycles. The van der Waals surface area contributed by atoms with Crippen molar-refractivity contribution < 1.29 is 4.79 Å². The first-order valence-corrected chi connectivity index (χ1v) is 9.57. The lowest BCUT2D eigenvalue weighted by molar-refractivity contribution is -0.113. The van der Waals surface area contributed by atoms with E-state index in [9.17, 15) is 4.79 Å². The van der Waals surface area contributed by atoms with Gasteiger partial charge in [0.2, 0.25) is 11.0 Å². The molecule has 0 atom stereocenters. The number of nitriles is 1. The Bertz CT molecular complexity index is 903. The van der Waals surface area contributed by atoms with Crippen molar-refractivity contribution >= 4 is 45.5 Å². The number of amides is 1. The van der Waals surface area contributed by atoms with Crippen LogP contribution in [0.25, 0.3) is 0 Å². The van der Waals surface area contributed by atoms with Crippen molar-refractivity contribution in [1.29, 1.82) is 5.26 Å². The number of nitrogens with zero attached hydrogens (tertiary/aromatic N) is 3. The van der Waals surface area contributed by atoms with Crippen LogP contribution in [0.5, 0.6) is 0 Å². The van der Waals surface area contributed by atoms with Crippen molar-refractivity contribution in [2.75, 3.05) is 16.4 Å². The molecule has 0 aliphatic heterocycles. The highest BCUT2D eigenvalue weighted by Gasteiger charge is 2.09. The molecule has 3 aromatic rings. The second-order valence-corrected chi connectivity index (χ2v) is 7.43. The van der Waals surface area contributed by atoms with Crippen LogP contribution < -0.4 is 10.6 Å². The van der Waals surface area contributed by atoms with Gasteiger partial charge in [0, 0.05) is 11.4 Å². The molecule has 0 aliphatic rings. The molecule has 0 radical (unpaired) electrons. The molecule has 0 fully saturated rings. The zero-order valence-electron chi connectivity index (χ0n) is 13.7. The Hall–Kier alpha value is -2.89. The second kappa shape index (κ2) is 8.99. The monoisotopic (exact) mass is 381 g/mol. The van der Waals surface area contributed by atoms with Crippen LogP contribution in [0, 0.1) is 11.3 Å². The Balaban J connectivity index is 1.48. The van der Waals surface area contributed by atoms with Crippen LogP contribution in [0.15, 0.2) is 58.9 Å². The SMILES string of the molecule is N#CCc1ccc(NC(=O)CSc2nnc(Nc3ccccc3)s2)cc1. The van der Waals surface area contributed by atoms with Crippen molar-refractivity contribution in [1.82, 2.24) is 10.2 Å². The highest BCUT2D eigenvalue weighted by Crippen LogP contribution is 2.27. The number of carbonyl (C=O) groups is 1. The third-order valence-corrected chi connectivity index (χ3v) is 5.25. The largest absolute Gasteiger partial charge is 0.330 e. The van der Waals surface area contributed by atoms with E-state index in [1.165, 1.54) is 23.1 Å². The fourth-order valence-electron chi connectivity index (χ4n) is 2.09. The molecule has 6 nitrogen and oxygen atoms in total. The summed E-state index contributed by atoms with van der Waals surface area (Å²) >= 11 is 2.74. The average molecular weight is 381 g/mol. The van der Waals surface area contributed by atoms with E-state index in [1.807, 2.05) is 42.5 Å². The van der Waals surface area contributed by atoms with Gasteiger partial charge in [-0.15, -0.1) is 10.2 Å². The van der Waals surface area contributed by atoms with Crippen molar-refractivity contribution in [3.63, 3.8) is 0 Å². The van der Waals surface area contributed by atoms with Crippen LogP contribution in [0.2, 0.25) is 0 Å². The summed E-state index contributed by atoms with van der Waals surface area (Å²) in [4.78, 5) is 12.1. The average Bonchev–Trinajstić information content (AvgIpc) is 3.10. The Morgan fingerprint density at radius 2 is 1.85 bits per heavy atom. The summed E-state index contributed by atoms with van der Waals surface area (Å²) in [5.74, 6) is 0.135. The molecule has 8 heteroatoms. The molecule has 2 N–H and O–H groups in total. The number of nitrogens with one attached hydrogen (secondary N) is 2. The Morgan fingerprint density at radius 1 is 1.08 bits per heavy atom. The van der Waals surface area contributed by atoms with Crippen LogP contribution >= 0.6 is 23.1 Å². The zero-order valence-corrected chi connectivity index (χ0v) is 15.3. The van der Waals surface area contributed by atoms with Crippen LogP contribution in [-0.4, -0.2) is 21.9 Å². The molecule has 26 heavy (non-hydrogen) atoms. The minimum Gasteiger partial charge on any atom is -0.330 e. The lowest BCUT2D eigenvalue weighted by atomic mass is 10.1. The lowest BCUT2D eigenvalue weighted by Gasteiger charge is -2.04. The maximum Gasteiger partial charge on any atom is 0.234 e. The number of hydrogen-bond acceptors (Lipinski definition) is 7. The maximum absolute atomic E-state index is 12.1. The molecule has 1 amide bonds. The Kier molecular flexibility index (Phi) is 6.19. The fraction of sp³-hybridized carbons (Fsp3) is 0.111. The zero-order chi connectivity index (χ0) is 18.2. The predicted octanol–water partition coefficient (Wildman–Crippen LogP) is 4.08. The topological polar surface area (TPSA) is 90.7 Å². The quantitative estimate of drug-likeness (QED) is 0.599. The smallest absolute Gasteiger partial charge is 0.234 e. The van der Waals surface area contributed by atoms with Gasteiger partial charge < -0.3 is 10.6 Å². The summed E-state index contributed by atoms with van der Waals surface area (Å²) in [7, 11) is 0. The lowest BCUT2D eigenvalue weighted by Crippen LogP contribution is -2.13. The number of rotatable bonds is 7. The highest BCUT2D eigenvalue weighted by atomic mass is 32.2. The maximum atomic E-state index is 12.1. The normalized spacial score (nSPS) is 10.1. The van der Waals surface area contributed by atoms with E-state index >= 15 is 0 Å². The van der Waals surface area contributed by atoms with Crippen LogP contribution in [0.1, 0.15) is 5.56 Å². The predicted molar refractivity (Wildman–Crippen MR) is 105 cm³/mol. The molecule has 3 rings (SSSR count). The van der Waals surface area contributed by atoms with E-state index in [2.05, 4.69) is 26.9 Å². The number of thioether (sulfide) groups is 1. The number of hydrogen-bond donors (Lipinski definition) is 2. The minimum absolute atomic E-state index is 0.115. The van der Waals surface area contributed by atoms with Gasteiger partial charge in [0.25, 0.3) is 0 Å². The first-order valence-electron chi connectivity index (χ1n) is 7.77. The van der Waals surface area contributed by atoms with Gasteiger partial charge in [-0.25, -0.2) is 0 Å². The number of para-hydroxylation sites is 1. The van der Waals surface area contributed by atoms with E-state index < -0.39 is 0 Å². The summed E-state index contributed by atoms with van der Waals surface area (Å²) in [6.45, 7) is 0. The molecule has 0 saturated heterocycles. The summed E-state index contributed by atoms with van der Waals surface area (Å²) in [5, 5.41) is 23.5. The number of carbonyl (C=O) groups excluding carboxylic acids is 1. The molecule has 0 aliphatic carbocycles. The first-order chi connectivity index (χ1) is 12.7. The molecule has 2 aromatic carbocycles. The van der Waals surface area contributed by atoms with Crippen molar-refractivity contribution in [3.8, 4) is 6.07 Å². The highest BCUT2D eigenvalue weighted by molar-refractivity contribution is 8.01. The summed E-state index contributed by atoms with van der Waals surface area (Å²) < 4.78 is 0.725. The van der Waals surface area contributed by atoms with Crippen molar-refractivity contribution in [3.05, 3.63) is 60.2 Å². The van der Waals surface area contributed by atoms with E-state index in [-0.39, 0.29) is 11.7 Å². The summed E-state index contributed by atoms with van der Waals surface area (Å²) in [6.07, 6.45) is 0.362. The fourth-order valence-corrected chi connectivity index (χ4v) is 3.66. The van der Waals surface area contributed by atoms with Gasteiger partial charge in [0.1, 0.15) is 0 Å². The van der Waals surface area contributed by atoms with Crippen molar-refractivity contribution in [2.24, 2.45) is 0 Å². The molecular formula is C18H15N5OS2. The molecule has 0 spiro atoms. The molecular weight excluding hydrogens is 366 g/mol. The Labute approximate surface area is 159 Å². The van der Waals surface area contributed by atoms with E-state index in [4.69, 9.17) is 5.26 Å². The number of aromatic nitrogens is 2. The van der Waals surface area contributed by atoms with E-state index in [0.29, 0.717) is 17.2 Å². The standard InChI is InChI=1S/C18H15N5OS2/c19-11-10-13-6-8-15(9-7-13)20-16(24)12-25-18-23-22-17(26-18)21-14-4-2-1-3-5-14/h1-9H,10,12H2,(H,20,24)(H,21,22). The molecule has 1 heterocycles. The molecule has 130 valence electrons. The summed E-state index contributed by atoms with van der Waals surface area (Å²) in [5.41, 5.74) is 2.57. The third-order valence-electron chi connectivity index (χ3n) is 3.28. The van der Waals surface area contributed by atoms with Crippen LogP contribution in [0.3, 0.4) is 0 Å². The Morgan fingerprint density at radius 3 is 2.58 bits per heavy atom. The number of anilines is 3. The van der Waals surface area contributed by atoms with Gasteiger partial charge in [-0.05, 0) is 29.8 Å². The molecule has 0 bridgehead atoms.